The van der Waals surface area contributed by atoms with E-state index in [2.05, 4.69) is 12.2 Å². The third-order valence-electron chi connectivity index (χ3n) is 3.83. The van der Waals surface area contributed by atoms with E-state index in [1.54, 1.807) is 0 Å². The Hall–Kier alpha value is -0.770. The molecule has 0 spiro atoms. The van der Waals surface area contributed by atoms with Crippen LogP contribution in [0.5, 0.6) is 0 Å². The molecule has 1 aliphatic carbocycles. The molecule has 0 radical (unpaired) electrons. The second-order valence-corrected chi connectivity index (χ2v) is 7.47. The van der Waals surface area contributed by atoms with E-state index in [1.165, 1.54) is 19.3 Å². The van der Waals surface area contributed by atoms with Crippen molar-refractivity contribution in [3.63, 3.8) is 0 Å². The second kappa shape index (κ2) is 5.31. The molecule has 0 aromatic heterocycles. The Labute approximate surface area is 116 Å². The molecule has 0 bridgehead atoms. The van der Waals surface area contributed by atoms with Crippen LogP contribution in [0.25, 0.3) is 0 Å². The summed E-state index contributed by atoms with van der Waals surface area (Å²) in [5.41, 5.74) is -0.213. The molecule has 19 heavy (non-hydrogen) atoms. The van der Waals surface area contributed by atoms with Gasteiger partial charge in [0.1, 0.15) is 5.60 Å². The fraction of sp³-hybridized carbons (Fsp3) is 0.933. The van der Waals surface area contributed by atoms with Gasteiger partial charge in [-0.15, -0.1) is 0 Å². The van der Waals surface area contributed by atoms with Gasteiger partial charge in [0.25, 0.3) is 0 Å². The molecular formula is C15H28N2O2. The molecule has 1 aliphatic heterocycles. The molecule has 1 heterocycles. The molecule has 1 saturated carbocycles. The minimum absolute atomic E-state index is 0.162. The highest BCUT2D eigenvalue weighted by Gasteiger charge is 2.36. The van der Waals surface area contributed by atoms with E-state index in [4.69, 9.17) is 4.74 Å². The summed E-state index contributed by atoms with van der Waals surface area (Å²) in [7, 11) is 0. The highest BCUT2D eigenvalue weighted by molar-refractivity contribution is 5.68. The minimum atomic E-state index is -0.406. The lowest BCUT2D eigenvalue weighted by molar-refractivity contribution is 0.00677. The summed E-state index contributed by atoms with van der Waals surface area (Å²) in [6.07, 6.45) is 4.72. The lowest BCUT2D eigenvalue weighted by Gasteiger charge is -2.41. The van der Waals surface area contributed by atoms with E-state index in [0.717, 1.165) is 32.1 Å². The maximum atomic E-state index is 12.1. The van der Waals surface area contributed by atoms with Gasteiger partial charge in [-0.3, -0.25) is 0 Å². The van der Waals surface area contributed by atoms with Gasteiger partial charge in [0, 0.05) is 25.7 Å². The van der Waals surface area contributed by atoms with E-state index < -0.39 is 5.60 Å². The van der Waals surface area contributed by atoms with Crippen LogP contribution in [0.1, 0.15) is 53.4 Å². The Morgan fingerprint density at radius 2 is 2.11 bits per heavy atom. The first-order valence-corrected chi connectivity index (χ1v) is 7.49. The van der Waals surface area contributed by atoms with Crippen LogP contribution in [0, 0.1) is 5.41 Å². The number of hydrogen-bond donors (Lipinski definition) is 1. The number of ether oxygens (including phenoxy) is 1. The monoisotopic (exact) mass is 268 g/mol. The third kappa shape index (κ3) is 4.68. The molecule has 1 N–H and O–H groups in total. The van der Waals surface area contributed by atoms with E-state index in [1.807, 2.05) is 25.7 Å². The zero-order valence-electron chi connectivity index (χ0n) is 12.8. The van der Waals surface area contributed by atoms with Crippen molar-refractivity contribution in [1.82, 2.24) is 10.2 Å². The van der Waals surface area contributed by atoms with Crippen LogP contribution >= 0.6 is 0 Å². The van der Waals surface area contributed by atoms with Gasteiger partial charge in [-0.1, -0.05) is 6.92 Å². The summed E-state index contributed by atoms with van der Waals surface area (Å²) in [6, 6.07) is 0.730. The minimum Gasteiger partial charge on any atom is -0.444 e. The quantitative estimate of drug-likeness (QED) is 0.855. The Bertz CT molecular complexity index is 334. The average molecular weight is 268 g/mol. The lowest BCUT2D eigenvalue weighted by atomic mass is 9.82. The summed E-state index contributed by atoms with van der Waals surface area (Å²) in [5, 5.41) is 3.60. The van der Waals surface area contributed by atoms with Crippen LogP contribution in [-0.4, -0.2) is 42.3 Å². The largest absolute Gasteiger partial charge is 0.444 e. The van der Waals surface area contributed by atoms with E-state index >= 15 is 0 Å². The fourth-order valence-electron chi connectivity index (χ4n) is 2.62. The van der Waals surface area contributed by atoms with Gasteiger partial charge >= 0.3 is 6.09 Å². The van der Waals surface area contributed by atoms with Gasteiger partial charge in [0.05, 0.1) is 0 Å². The number of hydrogen-bond acceptors (Lipinski definition) is 3. The number of likely N-dealkylation sites (tertiary alicyclic amines) is 1. The normalized spacial score (nSPS) is 28.3. The molecular weight excluding hydrogens is 240 g/mol. The Morgan fingerprint density at radius 3 is 2.68 bits per heavy atom. The molecule has 2 aliphatic rings. The predicted molar refractivity (Wildman–Crippen MR) is 76.2 cm³/mol. The molecule has 0 aromatic carbocycles. The molecule has 4 heteroatoms. The van der Waals surface area contributed by atoms with Gasteiger partial charge in [-0.25, -0.2) is 4.79 Å². The Kier molecular flexibility index (Phi) is 4.09. The third-order valence-corrected chi connectivity index (χ3v) is 3.83. The Balaban J connectivity index is 1.86. The smallest absolute Gasteiger partial charge is 0.410 e. The topological polar surface area (TPSA) is 41.6 Å². The number of amides is 1. The summed E-state index contributed by atoms with van der Waals surface area (Å²) in [4.78, 5) is 14.0. The highest BCUT2D eigenvalue weighted by atomic mass is 16.6. The van der Waals surface area contributed by atoms with Crippen LogP contribution < -0.4 is 5.32 Å². The maximum Gasteiger partial charge on any atom is 0.410 e. The number of rotatable bonds is 3. The van der Waals surface area contributed by atoms with Crippen LogP contribution in [0.15, 0.2) is 0 Å². The molecule has 1 saturated heterocycles. The zero-order valence-corrected chi connectivity index (χ0v) is 12.8. The van der Waals surface area contributed by atoms with Crippen molar-refractivity contribution in [2.75, 3.05) is 19.6 Å². The van der Waals surface area contributed by atoms with Gasteiger partial charge in [0.2, 0.25) is 0 Å². The first-order chi connectivity index (χ1) is 8.77. The summed E-state index contributed by atoms with van der Waals surface area (Å²) < 4.78 is 5.48. The van der Waals surface area contributed by atoms with Crippen molar-refractivity contribution in [3.05, 3.63) is 0 Å². The number of piperidine rings is 1. The van der Waals surface area contributed by atoms with Gasteiger partial charge in [-0.05, 0) is 51.9 Å². The predicted octanol–water partition coefficient (Wildman–Crippen LogP) is 2.78. The van der Waals surface area contributed by atoms with Crippen molar-refractivity contribution >= 4 is 6.09 Å². The maximum absolute atomic E-state index is 12.1. The molecule has 0 aromatic rings. The van der Waals surface area contributed by atoms with Gasteiger partial charge in [0.15, 0.2) is 0 Å². The number of nitrogens with one attached hydrogen (secondary N) is 1. The SMILES string of the molecule is CC1(CNC2CC2)CCCN(C(=O)OC(C)(C)C)C1. The molecule has 1 atom stereocenters. The molecule has 2 fully saturated rings. The van der Waals surface area contributed by atoms with Crippen molar-refractivity contribution in [3.8, 4) is 0 Å². The summed E-state index contributed by atoms with van der Waals surface area (Å²) in [6.45, 7) is 10.7. The molecule has 1 unspecified atom stereocenters. The van der Waals surface area contributed by atoms with Crippen molar-refractivity contribution in [2.45, 2.75) is 65.0 Å². The van der Waals surface area contributed by atoms with E-state index in [9.17, 15) is 4.79 Å². The second-order valence-electron chi connectivity index (χ2n) is 7.47. The molecule has 1 amide bonds. The standard InChI is InChI=1S/C15H28N2O2/c1-14(2,3)19-13(18)17-9-5-8-15(4,11-17)10-16-12-6-7-12/h12,16H,5-11H2,1-4H3. The van der Waals surface area contributed by atoms with Crippen molar-refractivity contribution in [1.29, 1.82) is 0 Å². The summed E-state index contributed by atoms with van der Waals surface area (Å²) in [5.74, 6) is 0. The first-order valence-electron chi connectivity index (χ1n) is 7.49. The lowest BCUT2D eigenvalue weighted by Crippen LogP contribution is -2.50. The average Bonchev–Trinajstić information content (AvgIpc) is 3.08. The Morgan fingerprint density at radius 1 is 1.42 bits per heavy atom. The van der Waals surface area contributed by atoms with Crippen LogP contribution in [0.4, 0.5) is 4.79 Å². The molecule has 2 rings (SSSR count). The number of carbonyl (C=O) groups is 1. The van der Waals surface area contributed by atoms with Gasteiger partial charge < -0.3 is 15.0 Å². The van der Waals surface area contributed by atoms with Crippen LogP contribution in [0.3, 0.4) is 0 Å². The van der Waals surface area contributed by atoms with Crippen LogP contribution in [0.2, 0.25) is 0 Å². The first kappa shape index (κ1) is 14.6. The van der Waals surface area contributed by atoms with Crippen LogP contribution in [-0.2, 0) is 4.74 Å². The van der Waals surface area contributed by atoms with E-state index in [-0.39, 0.29) is 11.5 Å². The van der Waals surface area contributed by atoms with E-state index in [0.29, 0.717) is 0 Å². The zero-order chi connectivity index (χ0) is 14.1. The van der Waals surface area contributed by atoms with Crippen molar-refractivity contribution < 1.29 is 9.53 Å². The van der Waals surface area contributed by atoms with Crippen molar-refractivity contribution in [2.24, 2.45) is 5.41 Å². The number of carbonyl (C=O) groups excluding carboxylic acids is 1. The molecule has 110 valence electrons. The highest BCUT2D eigenvalue weighted by Crippen LogP contribution is 2.31. The van der Waals surface area contributed by atoms with Gasteiger partial charge in [-0.2, -0.15) is 0 Å². The molecule has 4 nitrogen and oxygen atoms in total. The number of nitrogens with zero attached hydrogens (tertiary/aromatic N) is 1. The summed E-state index contributed by atoms with van der Waals surface area (Å²) >= 11 is 0. The fourth-order valence-corrected chi connectivity index (χ4v) is 2.62.